The van der Waals surface area contributed by atoms with E-state index in [1.54, 1.807) is 11.0 Å². The first-order valence-corrected chi connectivity index (χ1v) is 32.5. The molecule has 0 bridgehead atoms. The van der Waals surface area contributed by atoms with Crippen molar-refractivity contribution >= 4 is 91.9 Å². The molecule has 4 saturated heterocycles. The van der Waals surface area contributed by atoms with Gasteiger partial charge in [0.1, 0.15) is 35.0 Å². The predicted molar refractivity (Wildman–Crippen MR) is 343 cm³/mol. The van der Waals surface area contributed by atoms with Crippen molar-refractivity contribution in [3.63, 3.8) is 0 Å². The van der Waals surface area contributed by atoms with E-state index in [0.717, 1.165) is 133 Å². The van der Waals surface area contributed by atoms with Gasteiger partial charge in [0, 0.05) is 113 Å². The molecular formula is C64H69Cl2IN16O6. The monoisotopic (exact) mass is 1350 g/mol. The molecule has 2 amide bonds. The lowest BCUT2D eigenvalue weighted by molar-refractivity contribution is -0.0372. The summed E-state index contributed by atoms with van der Waals surface area (Å²) in [7, 11) is 3.92. The zero-order chi connectivity index (χ0) is 61.0. The lowest BCUT2D eigenvalue weighted by Gasteiger charge is -2.28. The van der Waals surface area contributed by atoms with Crippen LogP contribution >= 0.6 is 45.8 Å². The fourth-order valence-corrected chi connectivity index (χ4v) is 15.9. The lowest BCUT2D eigenvalue weighted by Crippen LogP contribution is -2.39. The molecule has 6 aliphatic rings. The minimum atomic E-state index is -0.903. The van der Waals surface area contributed by atoms with Gasteiger partial charge in [-0.25, -0.2) is 38.9 Å². The van der Waals surface area contributed by atoms with Crippen LogP contribution in [0.4, 0.5) is 21.2 Å². The maximum Gasteiger partial charge on any atom is 0.407 e. The number of anilines is 2. The average molecular weight is 1360 g/mol. The van der Waals surface area contributed by atoms with Gasteiger partial charge in [-0.15, -0.1) is 0 Å². The quantitative estimate of drug-likeness (QED) is 0.0910. The summed E-state index contributed by atoms with van der Waals surface area (Å²) in [5, 5.41) is 32.9. The second-order valence-corrected chi connectivity index (χ2v) is 26.1. The summed E-state index contributed by atoms with van der Waals surface area (Å²) in [5.74, 6) is 2.91. The minimum Gasteiger partial charge on any atom is -0.465 e. The molecule has 0 radical (unpaired) electrons. The Bertz CT molecular complexity index is 4040. The van der Waals surface area contributed by atoms with E-state index in [1.807, 2.05) is 130 Å². The highest BCUT2D eigenvalue weighted by atomic mass is 127. The molecule has 10 heterocycles. The van der Waals surface area contributed by atoms with Crippen LogP contribution in [-0.2, 0) is 52.3 Å². The zero-order valence-corrected chi connectivity index (χ0v) is 53.2. The Hall–Kier alpha value is -7.45. The van der Waals surface area contributed by atoms with Gasteiger partial charge in [0.15, 0.2) is 27.5 Å². The molecular weight excluding hydrogens is 1290 g/mol. The Kier molecular flexibility index (Phi) is 16.5. The molecule has 2 N–H and O–H groups in total. The van der Waals surface area contributed by atoms with E-state index in [0.29, 0.717) is 70.5 Å². The van der Waals surface area contributed by atoms with Gasteiger partial charge in [-0.1, -0.05) is 96.0 Å². The molecule has 25 heteroatoms. The molecule has 6 aromatic heterocycles. The summed E-state index contributed by atoms with van der Waals surface area (Å²) in [5.41, 5.74) is 7.77. The Balaban J connectivity index is 0.000000158. The number of nitrogens with zero attached hydrogens (tertiary/aromatic N) is 15. The Morgan fingerprint density at radius 1 is 0.697 bits per heavy atom. The van der Waals surface area contributed by atoms with Crippen LogP contribution in [0.25, 0.3) is 33.6 Å². The van der Waals surface area contributed by atoms with Crippen LogP contribution in [-0.4, -0.2) is 134 Å². The first kappa shape index (κ1) is 59.2. The van der Waals surface area contributed by atoms with Gasteiger partial charge in [0.2, 0.25) is 0 Å². The van der Waals surface area contributed by atoms with Crippen LogP contribution < -0.4 is 15.1 Å². The lowest BCUT2D eigenvalue weighted by atomic mass is 9.95. The van der Waals surface area contributed by atoms with E-state index in [4.69, 9.17) is 67.5 Å². The summed E-state index contributed by atoms with van der Waals surface area (Å²) in [6.07, 6.45) is 13.5. The fraction of sp³-hybridized carbons (Fsp3) is 0.438. The number of hydrogen-bond acceptors (Lipinski definition) is 15. The van der Waals surface area contributed by atoms with E-state index in [2.05, 4.69) is 60.0 Å². The van der Waals surface area contributed by atoms with Crippen LogP contribution in [0.15, 0.2) is 116 Å². The van der Waals surface area contributed by atoms with Crippen molar-refractivity contribution < 1.29 is 28.9 Å². The highest BCUT2D eigenvalue weighted by Gasteiger charge is 2.69. The van der Waals surface area contributed by atoms with E-state index in [-0.39, 0.29) is 41.7 Å². The molecule has 2 aliphatic carbocycles. The van der Waals surface area contributed by atoms with E-state index in [9.17, 15) is 14.7 Å². The molecule has 8 atom stereocenters. The number of carbonyl (C=O) groups excluding carboxylic acids is 1. The molecule has 2 saturated carbocycles. The van der Waals surface area contributed by atoms with Gasteiger partial charge in [0.25, 0.3) is 0 Å². The number of carbonyl (C=O) groups is 2. The van der Waals surface area contributed by atoms with Gasteiger partial charge in [0.05, 0.1) is 22.4 Å². The summed E-state index contributed by atoms with van der Waals surface area (Å²) < 4.78 is 26.2. The standard InChI is InChI=1S/C35H36Cl2N8O3.C29H33IN8O3/c1-43-27(13-15-40-43)35(21-39-34(46)48-20-22-8-3-2-4-9-22)24-14-16-44(19-25(24)35)28-18-38-32-31(23-10-7-11-26(36)30(23)37)42-45(33(32)41-28)29-12-5-6-17-47-29;1-35-22(10-12-32-35)29(18-37(28(39)40)16-19-7-3-2-4-8-19)20-11-13-36(17-21(20)29)23-15-31-25-26(30)34-38(27(25)33-23)24-9-5-6-14-41-24/h2-4,7-11,13,15,18,24-25,29H,5-6,12,14,16-17,19-21H2,1H3,(H,39,46);2-4,7-8,10,12,15,20-21,24H,5-6,9,11,13-14,16-18H2,1H3,(H,39,40). The summed E-state index contributed by atoms with van der Waals surface area (Å²) in [6.45, 7) is 6.05. The summed E-state index contributed by atoms with van der Waals surface area (Å²) >= 11 is 15.3. The third-order valence-corrected chi connectivity index (χ3v) is 20.9. The third kappa shape index (κ3) is 11.2. The highest BCUT2D eigenvalue weighted by Crippen LogP contribution is 2.65. The molecule has 3 aromatic carbocycles. The number of hydrogen-bond donors (Lipinski definition) is 2. The SMILES string of the molecule is Cn1nccc1C1(CN(Cc2ccccc2)C(=O)O)C2CCN(c3cnc4c(I)nn(C5CCCCO5)c4n3)CC21.Cn1nccc1C1(CNC(=O)OCc2ccccc2)C2CCN(c3cnc4c(-c5cccc(Cl)c5Cl)nn(C5CCCCO5)c4n3)CC21. The number of fused-ring (bicyclic) bond motifs is 4. The van der Waals surface area contributed by atoms with Gasteiger partial charge < -0.3 is 39.3 Å². The first-order valence-electron chi connectivity index (χ1n) is 30.7. The number of nitrogens with one attached hydrogen (secondary N) is 1. The van der Waals surface area contributed by atoms with E-state index in [1.165, 1.54) is 0 Å². The summed E-state index contributed by atoms with van der Waals surface area (Å²) in [6, 6.07) is 29.1. The van der Waals surface area contributed by atoms with Gasteiger partial charge in [-0.2, -0.15) is 20.4 Å². The Morgan fingerprint density at radius 2 is 1.27 bits per heavy atom. The molecule has 89 heavy (non-hydrogen) atoms. The predicted octanol–water partition coefficient (Wildman–Crippen LogP) is 11.0. The number of halogens is 3. The molecule has 462 valence electrons. The van der Waals surface area contributed by atoms with Crippen molar-refractivity contribution in [1.29, 1.82) is 0 Å². The summed E-state index contributed by atoms with van der Waals surface area (Å²) in [4.78, 5) is 51.5. The highest BCUT2D eigenvalue weighted by molar-refractivity contribution is 14.1. The molecule has 15 rings (SSSR count). The van der Waals surface area contributed by atoms with Gasteiger partial charge in [-0.3, -0.25) is 9.36 Å². The van der Waals surface area contributed by atoms with Gasteiger partial charge in [-0.05, 0) is 127 Å². The van der Waals surface area contributed by atoms with Gasteiger partial charge >= 0.3 is 12.2 Å². The topological polar surface area (TPSA) is 227 Å². The average Bonchev–Trinajstić information content (AvgIpc) is 1.53. The van der Waals surface area contributed by atoms with Crippen molar-refractivity contribution in [3.05, 3.63) is 152 Å². The Labute approximate surface area is 538 Å². The first-order chi connectivity index (χ1) is 43.4. The second-order valence-electron chi connectivity index (χ2n) is 24.3. The van der Waals surface area contributed by atoms with Crippen LogP contribution in [0.5, 0.6) is 0 Å². The number of alkyl carbamates (subject to hydrolysis) is 1. The number of ether oxygens (including phenoxy) is 3. The van der Waals surface area contributed by atoms with Crippen molar-refractivity contribution in [2.45, 2.75) is 87.8 Å². The molecule has 0 spiro atoms. The maximum atomic E-state index is 12.8. The van der Waals surface area contributed by atoms with Crippen LogP contribution in [0.2, 0.25) is 10.0 Å². The fourth-order valence-electron chi connectivity index (χ4n) is 14.9. The van der Waals surface area contributed by atoms with Crippen LogP contribution in [0, 0.1) is 27.4 Å². The molecule has 6 fully saturated rings. The maximum absolute atomic E-state index is 12.8. The number of piperidine rings is 2. The van der Waals surface area contributed by atoms with Crippen molar-refractivity contribution in [2.24, 2.45) is 37.8 Å². The van der Waals surface area contributed by atoms with E-state index >= 15 is 0 Å². The van der Waals surface area contributed by atoms with Crippen molar-refractivity contribution in [2.75, 3.05) is 62.3 Å². The number of aromatic nitrogens is 12. The third-order valence-electron chi connectivity index (χ3n) is 19.4. The molecule has 22 nitrogen and oxygen atoms in total. The number of amides is 2. The molecule has 8 unspecified atom stereocenters. The zero-order valence-electron chi connectivity index (χ0n) is 49.5. The number of benzene rings is 3. The second kappa shape index (κ2) is 24.7. The molecule has 4 aliphatic heterocycles. The van der Waals surface area contributed by atoms with Crippen molar-refractivity contribution in [1.82, 2.24) is 69.3 Å². The minimum absolute atomic E-state index is 0.113. The van der Waals surface area contributed by atoms with Crippen molar-refractivity contribution in [3.8, 4) is 11.3 Å². The Morgan fingerprint density at radius 3 is 1.87 bits per heavy atom. The number of carboxylic acid groups (broad SMARTS) is 1. The molecule has 9 aromatic rings. The normalized spacial score (nSPS) is 24.6. The number of aryl methyl sites for hydroxylation is 2. The largest absolute Gasteiger partial charge is 0.465 e. The van der Waals surface area contributed by atoms with Crippen LogP contribution in [0.3, 0.4) is 0 Å². The number of rotatable bonds is 15. The van der Waals surface area contributed by atoms with E-state index < -0.39 is 12.2 Å². The smallest absolute Gasteiger partial charge is 0.407 e. The van der Waals surface area contributed by atoms with Crippen LogP contribution in [0.1, 0.15) is 86.3 Å².